The Balaban J connectivity index is 0.000000711. The summed E-state index contributed by atoms with van der Waals surface area (Å²) in [4.78, 5) is 20.3. The number of carboxylic acid groups (broad SMARTS) is 1. The lowest BCUT2D eigenvalue weighted by atomic mass is 10.1. The fraction of sp³-hybridized carbons (Fsp3) is 0.467. The van der Waals surface area contributed by atoms with Gasteiger partial charge >= 0.3 is 5.97 Å². The van der Waals surface area contributed by atoms with Crippen LogP contribution in [0.15, 0.2) is 24.3 Å². The molecule has 0 saturated carbocycles. The number of carbonyl (C=O) groups excluding carboxylic acids is 1. The molecular weight excluding hydrogens is 244 g/mol. The number of carboxylic acids is 1. The Labute approximate surface area is 114 Å². The zero-order chi connectivity index (χ0) is 14.8. The van der Waals surface area contributed by atoms with E-state index in [2.05, 4.69) is 0 Å². The van der Waals surface area contributed by atoms with Crippen LogP contribution in [0.3, 0.4) is 0 Å². The molecule has 0 fully saturated rings. The number of aryl methyl sites for hydroxylation is 1. The third-order valence-corrected chi connectivity index (χ3v) is 2.15. The van der Waals surface area contributed by atoms with Crippen molar-refractivity contribution in [3.05, 3.63) is 35.4 Å². The van der Waals surface area contributed by atoms with E-state index in [0.717, 1.165) is 11.1 Å². The van der Waals surface area contributed by atoms with Crippen molar-refractivity contribution >= 4 is 11.8 Å². The van der Waals surface area contributed by atoms with Crippen LogP contribution in [0.4, 0.5) is 0 Å². The smallest absolute Gasteiger partial charge is 0.333 e. The second-order valence-corrected chi connectivity index (χ2v) is 4.38. The number of aliphatic carboxylic acids is 1. The quantitative estimate of drug-likeness (QED) is 0.889. The van der Waals surface area contributed by atoms with E-state index in [9.17, 15) is 9.59 Å². The number of benzene rings is 1. The van der Waals surface area contributed by atoms with Gasteiger partial charge in [-0.1, -0.05) is 29.8 Å². The molecule has 1 aromatic rings. The first-order valence-electron chi connectivity index (χ1n) is 6.24. The lowest BCUT2D eigenvalue weighted by Gasteiger charge is -2.12. The summed E-state index contributed by atoms with van der Waals surface area (Å²) in [6.45, 7) is 7.26. The molecule has 0 aliphatic rings. The Morgan fingerprint density at radius 1 is 1.32 bits per heavy atom. The molecule has 1 aromatic carbocycles. The van der Waals surface area contributed by atoms with Crippen LogP contribution in [-0.2, 0) is 20.7 Å². The van der Waals surface area contributed by atoms with E-state index in [0.29, 0.717) is 13.0 Å². The van der Waals surface area contributed by atoms with E-state index >= 15 is 0 Å². The number of ketones is 1. The summed E-state index contributed by atoms with van der Waals surface area (Å²) < 4.78 is 5.15. The molecular formula is C15H22O4. The molecule has 0 bridgehead atoms. The molecule has 0 aliphatic carbocycles. The van der Waals surface area contributed by atoms with Gasteiger partial charge in [0.15, 0.2) is 6.10 Å². The molecule has 4 heteroatoms. The fourth-order valence-electron chi connectivity index (χ4n) is 1.47. The molecule has 0 spiro atoms. The summed E-state index contributed by atoms with van der Waals surface area (Å²) in [7, 11) is 0. The summed E-state index contributed by atoms with van der Waals surface area (Å²) in [6, 6.07) is 7.81. The number of hydrogen-bond acceptors (Lipinski definition) is 3. The minimum Gasteiger partial charge on any atom is -0.479 e. The fourth-order valence-corrected chi connectivity index (χ4v) is 1.47. The highest BCUT2D eigenvalue weighted by Gasteiger charge is 2.17. The predicted molar refractivity (Wildman–Crippen MR) is 74.3 cm³/mol. The number of hydrogen-bond donors (Lipinski definition) is 1. The van der Waals surface area contributed by atoms with Crippen molar-refractivity contribution in [1.29, 1.82) is 0 Å². The Morgan fingerprint density at radius 2 is 1.89 bits per heavy atom. The summed E-state index contributed by atoms with van der Waals surface area (Å²) in [6.07, 6.45) is -0.318. The molecule has 19 heavy (non-hydrogen) atoms. The standard InChI is InChI=1S/C12H16O3.C3H6O/c1-3-15-11(12(13)14)8-10-6-4-5-9(2)7-10;1-3(2)4/h4-7,11H,3,8H2,1-2H3,(H,13,14);1-2H3. The molecule has 1 unspecified atom stereocenters. The first kappa shape index (κ1) is 17.3. The third-order valence-electron chi connectivity index (χ3n) is 2.15. The Kier molecular flexibility index (Phi) is 8.46. The van der Waals surface area contributed by atoms with Crippen LogP contribution in [0.25, 0.3) is 0 Å². The van der Waals surface area contributed by atoms with Crippen molar-refractivity contribution in [3.63, 3.8) is 0 Å². The van der Waals surface area contributed by atoms with Gasteiger partial charge < -0.3 is 14.6 Å². The first-order valence-corrected chi connectivity index (χ1v) is 6.24. The Bertz CT molecular complexity index is 408. The molecule has 0 radical (unpaired) electrons. The Hall–Kier alpha value is -1.68. The molecule has 0 saturated heterocycles. The zero-order valence-electron chi connectivity index (χ0n) is 12.0. The largest absolute Gasteiger partial charge is 0.479 e. The topological polar surface area (TPSA) is 63.6 Å². The van der Waals surface area contributed by atoms with Crippen LogP contribution in [0, 0.1) is 6.92 Å². The zero-order valence-corrected chi connectivity index (χ0v) is 12.0. The van der Waals surface area contributed by atoms with Gasteiger partial charge in [-0.2, -0.15) is 0 Å². The molecule has 0 heterocycles. The van der Waals surface area contributed by atoms with Gasteiger partial charge in [0.1, 0.15) is 5.78 Å². The second kappa shape index (κ2) is 9.28. The highest BCUT2D eigenvalue weighted by Crippen LogP contribution is 2.09. The Morgan fingerprint density at radius 3 is 2.32 bits per heavy atom. The van der Waals surface area contributed by atoms with E-state index in [4.69, 9.17) is 9.84 Å². The van der Waals surface area contributed by atoms with Crippen LogP contribution in [0.1, 0.15) is 31.9 Å². The van der Waals surface area contributed by atoms with Crippen molar-refractivity contribution in [2.24, 2.45) is 0 Å². The van der Waals surface area contributed by atoms with Crippen LogP contribution in [0.5, 0.6) is 0 Å². The highest BCUT2D eigenvalue weighted by molar-refractivity contribution is 5.72. The van der Waals surface area contributed by atoms with Gasteiger partial charge in [0.05, 0.1) is 0 Å². The average molecular weight is 266 g/mol. The van der Waals surface area contributed by atoms with Crippen LogP contribution < -0.4 is 0 Å². The number of rotatable bonds is 5. The maximum absolute atomic E-state index is 10.9. The molecule has 1 N–H and O–H groups in total. The van der Waals surface area contributed by atoms with Gasteiger partial charge in [-0.25, -0.2) is 4.79 Å². The maximum Gasteiger partial charge on any atom is 0.333 e. The predicted octanol–water partition coefficient (Wildman–Crippen LogP) is 2.62. The van der Waals surface area contributed by atoms with Crippen molar-refractivity contribution in [2.75, 3.05) is 6.61 Å². The minimum absolute atomic E-state index is 0.167. The van der Waals surface area contributed by atoms with Crippen LogP contribution >= 0.6 is 0 Å². The molecule has 4 nitrogen and oxygen atoms in total. The van der Waals surface area contributed by atoms with E-state index in [-0.39, 0.29) is 5.78 Å². The van der Waals surface area contributed by atoms with Gasteiger partial charge in [0.25, 0.3) is 0 Å². The van der Waals surface area contributed by atoms with E-state index in [1.54, 1.807) is 6.92 Å². The second-order valence-electron chi connectivity index (χ2n) is 4.38. The van der Waals surface area contributed by atoms with Gasteiger partial charge in [0, 0.05) is 13.0 Å². The number of Topliss-reactive ketones (excluding diaryl/α,β-unsaturated/α-hetero) is 1. The monoisotopic (exact) mass is 266 g/mol. The van der Waals surface area contributed by atoms with Crippen molar-refractivity contribution in [1.82, 2.24) is 0 Å². The SMILES string of the molecule is CC(C)=O.CCOC(Cc1cccc(C)c1)C(=O)O. The van der Waals surface area contributed by atoms with Gasteiger partial charge in [0.2, 0.25) is 0 Å². The first-order chi connectivity index (χ1) is 8.86. The highest BCUT2D eigenvalue weighted by atomic mass is 16.5. The van der Waals surface area contributed by atoms with Crippen molar-refractivity contribution in [2.45, 2.75) is 40.2 Å². The summed E-state index contributed by atoms with van der Waals surface area (Å²) in [5.41, 5.74) is 2.13. The van der Waals surface area contributed by atoms with Crippen molar-refractivity contribution in [3.8, 4) is 0 Å². The van der Waals surface area contributed by atoms with Crippen LogP contribution in [0.2, 0.25) is 0 Å². The molecule has 1 atom stereocenters. The number of ether oxygens (including phenoxy) is 1. The van der Waals surface area contributed by atoms with Gasteiger partial charge in [-0.15, -0.1) is 0 Å². The van der Waals surface area contributed by atoms with E-state index in [1.807, 2.05) is 31.2 Å². The maximum atomic E-state index is 10.9. The minimum atomic E-state index is -0.904. The average Bonchev–Trinajstić information content (AvgIpc) is 2.27. The van der Waals surface area contributed by atoms with Gasteiger partial charge in [-0.3, -0.25) is 0 Å². The third kappa shape index (κ3) is 8.97. The number of carbonyl (C=O) groups is 2. The van der Waals surface area contributed by atoms with Gasteiger partial charge in [-0.05, 0) is 33.3 Å². The normalized spacial score (nSPS) is 11.2. The summed E-state index contributed by atoms with van der Waals surface area (Å²) >= 11 is 0. The van der Waals surface area contributed by atoms with E-state index in [1.165, 1.54) is 13.8 Å². The molecule has 0 aliphatic heterocycles. The summed E-state index contributed by atoms with van der Waals surface area (Å²) in [5, 5.41) is 8.91. The molecule has 106 valence electrons. The van der Waals surface area contributed by atoms with Crippen LogP contribution in [-0.4, -0.2) is 29.6 Å². The lowest BCUT2D eigenvalue weighted by Crippen LogP contribution is -2.26. The lowest BCUT2D eigenvalue weighted by molar-refractivity contribution is -0.149. The molecule has 0 aromatic heterocycles. The molecule has 0 amide bonds. The summed E-state index contributed by atoms with van der Waals surface area (Å²) in [5.74, 6) is -0.738. The van der Waals surface area contributed by atoms with E-state index < -0.39 is 12.1 Å². The van der Waals surface area contributed by atoms with Crippen molar-refractivity contribution < 1.29 is 19.4 Å². The molecule has 1 rings (SSSR count).